The van der Waals surface area contributed by atoms with Gasteiger partial charge in [0.1, 0.15) is 0 Å². The summed E-state index contributed by atoms with van der Waals surface area (Å²) in [6.45, 7) is 3.79. The number of aliphatic hydroxyl groups excluding tert-OH is 1. The average Bonchev–Trinajstić information content (AvgIpc) is 2.82. The number of aromatic nitrogens is 1. The largest absolute Gasteiger partial charge is 0.393 e. The maximum atomic E-state index is 12.1. The van der Waals surface area contributed by atoms with Crippen molar-refractivity contribution < 1.29 is 13.5 Å². The summed E-state index contributed by atoms with van der Waals surface area (Å²) in [6.07, 6.45) is 2.24. The molecule has 7 heteroatoms. The normalized spacial score (nSPS) is 24.6. The summed E-state index contributed by atoms with van der Waals surface area (Å²) >= 11 is 1.18. The highest BCUT2D eigenvalue weighted by molar-refractivity contribution is 7.91. The fourth-order valence-corrected chi connectivity index (χ4v) is 4.92. The Morgan fingerprint density at radius 1 is 1.44 bits per heavy atom. The smallest absolute Gasteiger partial charge is 0.251 e. The molecule has 2 N–H and O–H groups in total. The first-order chi connectivity index (χ1) is 8.40. The Labute approximate surface area is 111 Å². The highest BCUT2D eigenvalue weighted by atomic mass is 32.2. The molecule has 0 radical (unpaired) electrons. The number of aryl methyl sites for hydroxylation is 2. The fourth-order valence-electron chi connectivity index (χ4n) is 2.30. The van der Waals surface area contributed by atoms with E-state index in [0.717, 1.165) is 24.3 Å². The summed E-state index contributed by atoms with van der Waals surface area (Å²) < 4.78 is 27.1. The van der Waals surface area contributed by atoms with E-state index in [9.17, 15) is 13.5 Å². The van der Waals surface area contributed by atoms with Crippen LogP contribution in [0, 0.1) is 19.8 Å². The van der Waals surface area contributed by atoms with E-state index in [-0.39, 0.29) is 16.2 Å². The Morgan fingerprint density at radius 3 is 2.67 bits per heavy atom. The van der Waals surface area contributed by atoms with Gasteiger partial charge in [-0.25, -0.2) is 18.1 Å². The number of nitrogens with one attached hydrogen (secondary N) is 1. The van der Waals surface area contributed by atoms with E-state index in [1.807, 2.05) is 0 Å². The minimum absolute atomic E-state index is 0.0362. The molecule has 1 aliphatic carbocycles. The molecule has 1 aliphatic rings. The van der Waals surface area contributed by atoms with Gasteiger partial charge in [-0.2, -0.15) is 0 Å². The molecular formula is C11H18N2O3S2. The van der Waals surface area contributed by atoms with Gasteiger partial charge in [0.2, 0.25) is 0 Å². The zero-order chi connectivity index (χ0) is 13.3. The molecule has 1 heterocycles. The first kappa shape index (κ1) is 13.9. The van der Waals surface area contributed by atoms with E-state index in [4.69, 9.17) is 0 Å². The second-order valence-corrected chi connectivity index (χ2v) is 7.88. The quantitative estimate of drug-likeness (QED) is 0.873. The van der Waals surface area contributed by atoms with E-state index in [0.29, 0.717) is 12.2 Å². The molecule has 2 unspecified atom stereocenters. The highest BCUT2D eigenvalue weighted by Gasteiger charge is 2.28. The molecule has 1 fully saturated rings. The van der Waals surface area contributed by atoms with Crippen LogP contribution in [0.2, 0.25) is 0 Å². The van der Waals surface area contributed by atoms with Crippen molar-refractivity contribution in [1.29, 1.82) is 0 Å². The predicted octanol–water partition coefficient (Wildman–Crippen LogP) is 1.20. The van der Waals surface area contributed by atoms with Gasteiger partial charge in [0, 0.05) is 6.54 Å². The molecule has 2 atom stereocenters. The van der Waals surface area contributed by atoms with Gasteiger partial charge in [-0.3, -0.25) is 0 Å². The van der Waals surface area contributed by atoms with E-state index >= 15 is 0 Å². The Hall–Kier alpha value is -0.500. The first-order valence-corrected chi connectivity index (χ1v) is 8.32. The molecule has 1 aromatic rings. The number of sulfonamides is 1. The minimum Gasteiger partial charge on any atom is -0.393 e. The number of aliphatic hydroxyl groups is 1. The summed E-state index contributed by atoms with van der Waals surface area (Å²) in [5, 5.41) is 10.4. The number of rotatable bonds is 4. The summed E-state index contributed by atoms with van der Waals surface area (Å²) in [6, 6.07) is 0. The molecular weight excluding hydrogens is 272 g/mol. The van der Waals surface area contributed by atoms with Crippen LogP contribution in [0.25, 0.3) is 0 Å². The van der Waals surface area contributed by atoms with Crippen LogP contribution in [0.4, 0.5) is 0 Å². The van der Waals surface area contributed by atoms with Gasteiger partial charge in [-0.15, -0.1) is 11.3 Å². The SMILES string of the molecule is Cc1nc(C)c(S(=O)(=O)NCC2CCCC2O)s1. The Kier molecular flexibility index (Phi) is 4.05. The van der Waals surface area contributed by atoms with Gasteiger partial charge in [0.25, 0.3) is 10.0 Å². The molecule has 0 aliphatic heterocycles. The molecule has 0 spiro atoms. The molecule has 102 valence electrons. The van der Waals surface area contributed by atoms with Crippen LogP contribution in [-0.2, 0) is 10.0 Å². The van der Waals surface area contributed by atoms with E-state index in [1.165, 1.54) is 11.3 Å². The second kappa shape index (κ2) is 5.24. The molecule has 18 heavy (non-hydrogen) atoms. The van der Waals surface area contributed by atoms with Crippen molar-refractivity contribution in [3.8, 4) is 0 Å². The third-order valence-electron chi connectivity index (χ3n) is 3.26. The van der Waals surface area contributed by atoms with Gasteiger partial charge in [0.15, 0.2) is 4.21 Å². The maximum Gasteiger partial charge on any atom is 0.251 e. The predicted molar refractivity (Wildman–Crippen MR) is 70.1 cm³/mol. The number of nitrogens with zero attached hydrogens (tertiary/aromatic N) is 1. The molecule has 5 nitrogen and oxygen atoms in total. The summed E-state index contributed by atoms with van der Waals surface area (Å²) in [5.74, 6) is 0.0362. The monoisotopic (exact) mass is 290 g/mol. The zero-order valence-electron chi connectivity index (χ0n) is 10.5. The van der Waals surface area contributed by atoms with Crippen LogP contribution in [0.3, 0.4) is 0 Å². The van der Waals surface area contributed by atoms with Crippen molar-refractivity contribution in [3.05, 3.63) is 10.7 Å². The Bertz CT molecular complexity index is 524. The lowest BCUT2D eigenvalue weighted by molar-refractivity contribution is 0.134. The third-order valence-corrected chi connectivity index (χ3v) is 6.37. The molecule has 0 saturated heterocycles. The van der Waals surface area contributed by atoms with Crippen molar-refractivity contribution in [2.75, 3.05) is 6.54 Å². The van der Waals surface area contributed by atoms with Gasteiger partial charge in [0.05, 0.1) is 16.8 Å². The topological polar surface area (TPSA) is 79.3 Å². The highest BCUT2D eigenvalue weighted by Crippen LogP contribution is 2.26. The molecule has 2 rings (SSSR count). The Morgan fingerprint density at radius 2 is 2.17 bits per heavy atom. The summed E-state index contributed by atoms with van der Waals surface area (Å²) in [7, 11) is -3.49. The van der Waals surface area contributed by atoms with Crippen LogP contribution in [0.15, 0.2) is 4.21 Å². The van der Waals surface area contributed by atoms with Crippen molar-refractivity contribution in [3.63, 3.8) is 0 Å². The lowest BCUT2D eigenvalue weighted by atomic mass is 10.1. The van der Waals surface area contributed by atoms with Crippen molar-refractivity contribution in [1.82, 2.24) is 9.71 Å². The maximum absolute atomic E-state index is 12.1. The van der Waals surface area contributed by atoms with E-state index in [1.54, 1.807) is 13.8 Å². The van der Waals surface area contributed by atoms with Crippen molar-refractivity contribution >= 4 is 21.4 Å². The Balaban J connectivity index is 2.06. The van der Waals surface area contributed by atoms with Crippen molar-refractivity contribution in [2.45, 2.75) is 43.4 Å². The first-order valence-electron chi connectivity index (χ1n) is 6.02. The van der Waals surface area contributed by atoms with Crippen LogP contribution in [-0.4, -0.2) is 31.2 Å². The molecule has 1 aromatic heterocycles. The van der Waals surface area contributed by atoms with Gasteiger partial charge < -0.3 is 5.11 Å². The lowest BCUT2D eigenvalue weighted by Crippen LogP contribution is -2.32. The lowest BCUT2D eigenvalue weighted by Gasteiger charge is -2.14. The van der Waals surface area contributed by atoms with Crippen LogP contribution >= 0.6 is 11.3 Å². The standard InChI is InChI=1S/C11H18N2O3S2/c1-7-11(17-8(2)13-7)18(15,16)12-6-9-4-3-5-10(9)14/h9-10,12,14H,3-6H2,1-2H3. The third kappa shape index (κ3) is 2.90. The number of thiazole rings is 1. The average molecular weight is 290 g/mol. The number of hydrogen-bond donors (Lipinski definition) is 2. The zero-order valence-corrected chi connectivity index (χ0v) is 12.1. The second-order valence-electron chi connectivity index (χ2n) is 4.72. The fraction of sp³-hybridized carbons (Fsp3) is 0.727. The minimum atomic E-state index is -3.49. The molecule has 0 aromatic carbocycles. The summed E-state index contributed by atoms with van der Waals surface area (Å²) in [4.78, 5) is 4.12. The molecule has 0 bridgehead atoms. The number of hydrogen-bond acceptors (Lipinski definition) is 5. The summed E-state index contributed by atoms with van der Waals surface area (Å²) in [5.41, 5.74) is 0.539. The van der Waals surface area contributed by atoms with Crippen LogP contribution in [0.1, 0.15) is 30.0 Å². The van der Waals surface area contributed by atoms with Crippen molar-refractivity contribution in [2.24, 2.45) is 5.92 Å². The van der Waals surface area contributed by atoms with Gasteiger partial charge in [-0.1, -0.05) is 6.42 Å². The van der Waals surface area contributed by atoms with Crippen LogP contribution in [0.5, 0.6) is 0 Å². The molecule has 0 amide bonds. The van der Waals surface area contributed by atoms with Crippen LogP contribution < -0.4 is 4.72 Å². The van der Waals surface area contributed by atoms with Gasteiger partial charge >= 0.3 is 0 Å². The van der Waals surface area contributed by atoms with E-state index in [2.05, 4.69) is 9.71 Å². The molecule has 1 saturated carbocycles. The van der Waals surface area contributed by atoms with Gasteiger partial charge in [-0.05, 0) is 32.6 Å². The van der Waals surface area contributed by atoms with E-state index < -0.39 is 10.0 Å².